The summed E-state index contributed by atoms with van der Waals surface area (Å²) in [5.74, 6) is 1.64. The summed E-state index contributed by atoms with van der Waals surface area (Å²) in [7, 11) is -8.63. The molecular formula is C36H58CaO6S2. The Bertz CT molecular complexity index is 1110. The van der Waals surface area contributed by atoms with Crippen molar-refractivity contribution in [2.24, 2.45) is 11.8 Å². The quantitative estimate of drug-likeness (QED) is 0.0691. The third-order valence-corrected chi connectivity index (χ3v) is 9.62. The van der Waals surface area contributed by atoms with Gasteiger partial charge in [-0.1, -0.05) is 142 Å². The van der Waals surface area contributed by atoms with Gasteiger partial charge in [0.05, 0.1) is 9.79 Å². The minimum Gasteiger partial charge on any atom is -0.744 e. The molecule has 0 aliphatic heterocycles. The molecule has 0 fully saturated rings. The minimum atomic E-state index is -4.32. The Labute approximate surface area is 306 Å². The van der Waals surface area contributed by atoms with Crippen molar-refractivity contribution in [2.75, 3.05) is 0 Å². The first-order valence-corrected chi connectivity index (χ1v) is 19.7. The van der Waals surface area contributed by atoms with Gasteiger partial charge in [-0.2, -0.15) is 0 Å². The van der Waals surface area contributed by atoms with Crippen LogP contribution in [-0.2, 0) is 33.1 Å². The van der Waals surface area contributed by atoms with Gasteiger partial charge in [0.1, 0.15) is 20.2 Å². The van der Waals surface area contributed by atoms with Crippen LogP contribution < -0.4 is 0 Å². The van der Waals surface area contributed by atoms with E-state index in [1.54, 1.807) is 24.3 Å². The monoisotopic (exact) mass is 690 g/mol. The Morgan fingerprint density at radius 3 is 0.933 bits per heavy atom. The number of hydrogen-bond acceptors (Lipinski definition) is 6. The van der Waals surface area contributed by atoms with Crippen molar-refractivity contribution in [3.8, 4) is 0 Å². The van der Waals surface area contributed by atoms with Gasteiger partial charge in [0.25, 0.3) is 0 Å². The van der Waals surface area contributed by atoms with Crippen LogP contribution in [0.2, 0.25) is 0 Å². The van der Waals surface area contributed by atoms with Crippen LogP contribution in [0.25, 0.3) is 0 Å². The maximum atomic E-state index is 10.8. The molecule has 0 spiro atoms. The van der Waals surface area contributed by atoms with Crippen LogP contribution in [0.3, 0.4) is 0 Å². The average molecular weight is 691 g/mol. The number of benzene rings is 2. The molecule has 0 aliphatic rings. The second-order valence-corrected chi connectivity index (χ2v) is 15.8. The van der Waals surface area contributed by atoms with Crippen LogP contribution in [-0.4, -0.2) is 63.7 Å². The molecule has 0 atom stereocenters. The molecule has 0 bridgehead atoms. The summed E-state index contributed by atoms with van der Waals surface area (Å²) in [6, 6.07) is 12.6. The molecule has 0 radical (unpaired) electrons. The van der Waals surface area contributed by atoms with Gasteiger partial charge in [-0.3, -0.25) is 0 Å². The molecule has 0 heterocycles. The van der Waals surface area contributed by atoms with Crippen molar-refractivity contribution in [3.05, 3.63) is 59.7 Å². The second kappa shape index (κ2) is 25.5. The van der Waals surface area contributed by atoms with Crippen molar-refractivity contribution in [3.63, 3.8) is 0 Å². The van der Waals surface area contributed by atoms with Crippen molar-refractivity contribution >= 4 is 58.0 Å². The molecule has 252 valence electrons. The van der Waals surface area contributed by atoms with Crippen LogP contribution in [0.4, 0.5) is 0 Å². The Balaban J connectivity index is 0.000000842. The van der Waals surface area contributed by atoms with E-state index in [1.165, 1.54) is 114 Å². The van der Waals surface area contributed by atoms with E-state index in [-0.39, 0.29) is 47.5 Å². The van der Waals surface area contributed by atoms with Gasteiger partial charge < -0.3 is 9.11 Å². The van der Waals surface area contributed by atoms with E-state index in [0.717, 1.165) is 48.6 Å². The Morgan fingerprint density at radius 1 is 0.444 bits per heavy atom. The standard InChI is InChI=1S/2C18H30O3S.Ca/c2*1-16(2)10-8-6-4-3-5-7-9-11-17-12-14-18(15-13-17)22(19,20)21;/h2*12-16H,3-11H2,1-2H3,(H,19,20,21);/q;;+2/p-2. The fraction of sp³-hybridized carbons (Fsp3) is 0.667. The largest absolute Gasteiger partial charge is 2.00 e. The van der Waals surface area contributed by atoms with Gasteiger partial charge in [0.2, 0.25) is 0 Å². The Hall–Kier alpha value is -0.480. The number of hydrogen-bond donors (Lipinski definition) is 0. The van der Waals surface area contributed by atoms with Gasteiger partial charge in [-0.25, -0.2) is 16.8 Å². The summed E-state index contributed by atoms with van der Waals surface area (Å²) >= 11 is 0. The summed E-state index contributed by atoms with van der Waals surface area (Å²) in [4.78, 5) is -0.282. The maximum Gasteiger partial charge on any atom is 2.00 e. The van der Waals surface area contributed by atoms with Gasteiger partial charge >= 0.3 is 37.7 Å². The molecule has 0 aliphatic carbocycles. The number of rotatable bonds is 22. The fourth-order valence-corrected chi connectivity index (χ4v) is 6.12. The summed E-state index contributed by atoms with van der Waals surface area (Å²) < 4.78 is 65.0. The van der Waals surface area contributed by atoms with E-state index in [0.29, 0.717) is 0 Å². The average Bonchev–Trinajstić information content (AvgIpc) is 2.95. The first kappa shape index (κ1) is 44.5. The maximum absolute atomic E-state index is 10.8. The molecule has 0 amide bonds. The van der Waals surface area contributed by atoms with Crippen LogP contribution >= 0.6 is 0 Å². The van der Waals surface area contributed by atoms with Crippen molar-refractivity contribution in [2.45, 2.75) is 153 Å². The van der Waals surface area contributed by atoms with Gasteiger partial charge in [-0.15, -0.1) is 0 Å². The Morgan fingerprint density at radius 2 is 0.689 bits per heavy atom. The molecule has 0 aromatic heterocycles. The predicted molar refractivity (Wildman–Crippen MR) is 186 cm³/mol. The predicted octanol–water partition coefficient (Wildman–Crippen LogP) is 9.44. The Kier molecular flexibility index (Phi) is 25.3. The van der Waals surface area contributed by atoms with Crippen LogP contribution in [0, 0.1) is 11.8 Å². The van der Waals surface area contributed by atoms with E-state index < -0.39 is 20.2 Å². The zero-order chi connectivity index (χ0) is 32.8. The summed E-state index contributed by atoms with van der Waals surface area (Å²) in [5, 5.41) is 0. The third kappa shape index (κ3) is 24.3. The molecule has 0 saturated carbocycles. The van der Waals surface area contributed by atoms with Gasteiger partial charge in [0.15, 0.2) is 0 Å². The fourth-order valence-electron chi connectivity index (χ4n) is 5.18. The molecule has 2 aromatic carbocycles. The van der Waals surface area contributed by atoms with E-state index in [4.69, 9.17) is 0 Å². The molecule has 2 aromatic rings. The molecule has 6 nitrogen and oxygen atoms in total. The molecule has 0 unspecified atom stereocenters. The van der Waals surface area contributed by atoms with E-state index in [9.17, 15) is 25.9 Å². The van der Waals surface area contributed by atoms with Crippen molar-refractivity contribution < 1.29 is 25.9 Å². The second-order valence-electron chi connectivity index (χ2n) is 13.0. The molecule has 9 heteroatoms. The van der Waals surface area contributed by atoms with Gasteiger partial charge in [-0.05, 0) is 72.9 Å². The van der Waals surface area contributed by atoms with Crippen molar-refractivity contribution in [1.82, 2.24) is 0 Å². The summed E-state index contributed by atoms with van der Waals surface area (Å²) in [5.41, 5.74) is 2.20. The third-order valence-electron chi connectivity index (χ3n) is 7.92. The van der Waals surface area contributed by atoms with E-state index >= 15 is 0 Å². The SMILES string of the molecule is CC(C)CCCCCCCCCc1ccc(S(=O)(=O)[O-])cc1.CC(C)CCCCCCCCCc1ccc(S(=O)(=O)[O-])cc1.[Ca+2]. The molecule has 0 N–H and O–H groups in total. The van der Waals surface area contributed by atoms with Crippen LogP contribution in [0.15, 0.2) is 58.3 Å². The molecule has 2 rings (SSSR count). The van der Waals surface area contributed by atoms with Gasteiger partial charge in [0, 0.05) is 0 Å². The summed E-state index contributed by atoms with van der Waals surface area (Å²) in [6.45, 7) is 9.11. The topological polar surface area (TPSA) is 114 Å². The van der Waals surface area contributed by atoms with Crippen molar-refractivity contribution in [1.29, 1.82) is 0 Å². The minimum absolute atomic E-state index is 0. The molecular weight excluding hydrogens is 633 g/mol. The zero-order valence-corrected chi connectivity index (χ0v) is 32.3. The zero-order valence-electron chi connectivity index (χ0n) is 28.5. The smallest absolute Gasteiger partial charge is 0.744 e. The van der Waals surface area contributed by atoms with Crippen LogP contribution in [0.5, 0.6) is 0 Å². The molecule has 0 saturated heterocycles. The first-order chi connectivity index (χ1) is 20.8. The molecule has 45 heavy (non-hydrogen) atoms. The normalized spacial score (nSPS) is 11.7. The summed E-state index contributed by atoms with van der Waals surface area (Å²) in [6.07, 6.45) is 22.5. The van der Waals surface area contributed by atoms with Crippen LogP contribution in [0.1, 0.15) is 142 Å². The van der Waals surface area contributed by atoms with E-state index in [2.05, 4.69) is 27.7 Å². The first-order valence-electron chi connectivity index (χ1n) is 16.9. The number of aryl methyl sites for hydroxylation is 2. The van der Waals surface area contributed by atoms with E-state index in [1.807, 2.05) is 0 Å². The number of unbranched alkanes of at least 4 members (excludes halogenated alkanes) is 12.